The predicted molar refractivity (Wildman–Crippen MR) is 191 cm³/mol. The number of carbonyl (C=O) groups is 2. The second-order valence-electron chi connectivity index (χ2n) is 11.2. The number of hydrogen-bond donors (Lipinski definition) is 2. The molecule has 1 aliphatic rings. The van der Waals surface area contributed by atoms with Crippen LogP contribution in [0.15, 0.2) is 58.9 Å². The Balaban J connectivity index is 1.40. The molecule has 2 aromatic heterocycles. The minimum Gasteiger partial charge on any atom is -0.492 e. The van der Waals surface area contributed by atoms with E-state index in [2.05, 4.69) is 17.0 Å². The highest BCUT2D eigenvalue weighted by molar-refractivity contribution is 7.98. The maximum atomic E-state index is 12.5. The van der Waals surface area contributed by atoms with Crippen molar-refractivity contribution in [1.29, 1.82) is 10.5 Å². The van der Waals surface area contributed by atoms with Gasteiger partial charge in [-0.1, -0.05) is 47.6 Å². The number of nitrogens with two attached hydrogens (primary N) is 1. The number of aliphatic carboxylic acids is 1. The van der Waals surface area contributed by atoms with E-state index in [4.69, 9.17) is 32.0 Å². The lowest BCUT2D eigenvalue weighted by Gasteiger charge is -2.26. The molecule has 0 aliphatic carbocycles. The summed E-state index contributed by atoms with van der Waals surface area (Å²) in [5, 5.41) is 34.3. The summed E-state index contributed by atoms with van der Waals surface area (Å²) in [6, 6.07) is 18.2. The van der Waals surface area contributed by atoms with Gasteiger partial charge in [0.05, 0.1) is 17.8 Å². The van der Waals surface area contributed by atoms with Gasteiger partial charge < -0.3 is 25.4 Å². The van der Waals surface area contributed by atoms with Gasteiger partial charge in [0, 0.05) is 53.3 Å². The monoisotopic (exact) mass is 715 g/mol. The molecule has 1 aliphatic heterocycles. The van der Waals surface area contributed by atoms with Gasteiger partial charge >= 0.3 is 5.97 Å². The van der Waals surface area contributed by atoms with Crippen molar-refractivity contribution in [3.63, 3.8) is 0 Å². The quantitative estimate of drug-likeness (QED) is 0.143. The maximum Gasteiger partial charge on any atom is 0.326 e. The highest BCUT2D eigenvalue weighted by atomic mass is 35.5. The molecule has 2 aromatic carbocycles. The topological polar surface area (TPSA) is 169 Å². The molecule has 49 heavy (non-hydrogen) atoms. The molecular formula is C35H34ClN7O4S2. The van der Waals surface area contributed by atoms with Crippen molar-refractivity contribution in [3.05, 3.63) is 75.8 Å². The predicted octanol–water partition coefficient (Wildman–Crippen LogP) is 6.19. The van der Waals surface area contributed by atoms with Crippen molar-refractivity contribution in [1.82, 2.24) is 14.9 Å². The first-order chi connectivity index (χ1) is 23.7. The first-order valence-electron chi connectivity index (χ1n) is 15.7. The van der Waals surface area contributed by atoms with Gasteiger partial charge in [-0.05, 0) is 49.6 Å². The lowest BCUT2D eigenvalue weighted by molar-refractivity contribution is -0.149. The van der Waals surface area contributed by atoms with Gasteiger partial charge in [-0.2, -0.15) is 10.5 Å². The number of nitrogens with zero attached hydrogens (tertiary/aromatic N) is 6. The minimum atomic E-state index is -1.12. The van der Waals surface area contributed by atoms with E-state index in [0.29, 0.717) is 49.6 Å². The number of aromatic nitrogens is 2. The van der Waals surface area contributed by atoms with Crippen LogP contribution in [0.4, 0.5) is 5.82 Å². The summed E-state index contributed by atoms with van der Waals surface area (Å²) in [6.07, 6.45) is 2.01. The zero-order valence-electron chi connectivity index (χ0n) is 26.8. The number of carbonyl (C=O) groups excluding carboxylic acids is 1. The van der Waals surface area contributed by atoms with Crippen LogP contribution in [0.2, 0.25) is 5.02 Å². The molecule has 0 radical (unpaired) electrons. The number of hydrogen-bond acceptors (Lipinski definition) is 11. The zero-order chi connectivity index (χ0) is 34.9. The van der Waals surface area contributed by atoms with E-state index >= 15 is 0 Å². The number of carboxylic acid groups (broad SMARTS) is 1. The van der Waals surface area contributed by atoms with Crippen LogP contribution in [-0.4, -0.2) is 70.7 Å². The normalized spacial score (nSPS) is 13.0. The van der Waals surface area contributed by atoms with Crippen LogP contribution in [0.5, 0.6) is 5.75 Å². The molecule has 1 saturated heterocycles. The molecule has 4 aromatic rings. The fourth-order valence-electron chi connectivity index (χ4n) is 5.47. The molecule has 5 rings (SSSR count). The van der Waals surface area contributed by atoms with E-state index in [-0.39, 0.29) is 32.0 Å². The number of anilines is 1. The number of amides is 1. The SMILES string of the molecule is C[C@@H](C(=O)O)N(CCOc1ccc(-c2c(C#N)c(SCc3csc(-c4ccc(Cl)cc4)n3)nc(N3CCCC3)c2C#N)cc1)C(=O)CCN. The molecule has 252 valence electrons. The number of thioether (sulfide) groups is 1. The Hall–Kier alpha value is -4.66. The van der Waals surface area contributed by atoms with Gasteiger partial charge in [0.1, 0.15) is 52.0 Å². The van der Waals surface area contributed by atoms with Gasteiger partial charge in [0.15, 0.2) is 0 Å². The smallest absolute Gasteiger partial charge is 0.326 e. The molecule has 0 spiro atoms. The van der Waals surface area contributed by atoms with E-state index in [1.807, 2.05) is 29.6 Å². The number of nitriles is 2. The second-order valence-corrected chi connectivity index (χ2v) is 13.5. The lowest BCUT2D eigenvalue weighted by Crippen LogP contribution is -2.45. The molecule has 0 saturated carbocycles. The van der Waals surface area contributed by atoms with Crippen molar-refractivity contribution in [3.8, 4) is 39.6 Å². The van der Waals surface area contributed by atoms with Crippen LogP contribution in [0.25, 0.3) is 21.7 Å². The van der Waals surface area contributed by atoms with Crippen molar-refractivity contribution in [2.45, 2.75) is 43.0 Å². The first-order valence-corrected chi connectivity index (χ1v) is 17.9. The molecule has 0 unspecified atom stereocenters. The fraction of sp³-hybridized carbons (Fsp3) is 0.314. The van der Waals surface area contributed by atoms with Crippen molar-refractivity contribution < 1.29 is 19.4 Å². The maximum absolute atomic E-state index is 12.5. The van der Waals surface area contributed by atoms with Crippen LogP contribution >= 0.6 is 34.7 Å². The number of pyridine rings is 1. The summed E-state index contributed by atoms with van der Waals surface area (Å²) in [6.45, 7) is 3.22. The molecule has 1 atom stereocenters. The number of carboxylic acids is 1. The lowest BCUT2D eigenvalue weighted by atomic mass is 9.96. The Kier molecular flexibility index (Phi) is 12.1. The van der Waals surface area contributed by atoms with Crippen molar-refractivity contribution >= 4 is 52.4 Å². The van der Waals surface area contributed by atoms with Gasteiger partial charge in [0.2, 0.25) is 5.91 Å². The third-order valence-corrected chi connectivity index (χ3v) is 10.2. The summed E-state index contributed by atoms with van der Waals surface area (Å²) in [7, 11) is 0. The van der Waals surface area contributed by atoms with Crippen LogP contribution in [0.1, 0.15) is 43.0 Å². The largest absolute Gasteiger partial charge is 0.492 e. The van der Waals surface area contributed by atoms with Gasteiger partial charge in [-0.3, -0.25) is 4.79 Å². The van der Waals surface area contributed by atoms with Crippen LogP contribution < -0.4 is 15.4 Å². The molecular weight excluding hydrogens is 682 g/mol. The number of rotatable bonds is 14. The average Bonchev–Trinajstić information content (AvgIpc) is 3.82. The van der Waals surface area contributed by atoms with Gasteiger partial charge in [-0.15, -0.1) is 11.3 Å². The third-order valence-electron chi connectivity index (χ3n) is 8.02. The molecule has 11 nitrogen and oxygen atoms in total. The average molecular weight is 716 g/mol. The first kappa shape index (κ1) is 35.6. The van der Waals surface area contributed by atoms with Gasteiger partial charge in [-0.25, -0.2) is 14.8 Å². The number of thiazole rings is 1. The van der Waals surface area contributed by atoms with Crippen LogP contribution in [0, 0.1) is 22.7 Å². The summed E-state index contributed by atoms with van der Waals surface area (Å²) in [5.41, 5.74) is 9.14. The van der Waals surface area contributed by atoms with E-state index in [1.54, 1.807) is 24.3 Å². The molecule has 3 N–H and O–H groups in total. The Morgan fingerprint density at radius 3 is 2.39 bits per heavy atom. The Bertz CT molecular complexity index is 1880. The van der Waals surface area contributed by atoms with E-state index in [1.165, 1.54) is 34.9 Å². The minimum absolute atomic E-state index is 0.0363. The Labute approximate surface area is 297 Å². The standard InChI is InChI=1S/C35H34ClN7O4S2/c1-22(35(45)46)43(30(44)12-13-37)16-17-47-27-10-6-23(7-11-27)31-28(18-38)32(42-14-2-3-15-42)41-34(29(31)19-39)49-21-26-20-48-33(40-26)24-4-8-25(36)9-5-24/h4-11,20,22H,2-3,12-17,21,37H2,1H3,(H,45,46)/t22-/m0/s1. The summed E-state index contributed by atoms with van der Waals surface area (Å²) in [4.78, 5) is 37.0. The van der Waals surface area contributed by atoms with E-state index < -0.39 is 12.0 Å². The molecule has 1 fully saturated rings. The number of halogens is 1. The van der Waals surface area contributed by atoms with Crippen LogP contribution in [-0.2, 0) is 15.3 Å². The summed E-state index contributed by atoms with van der Waals surface area (Å²) in [5.74, 6) is 0.0505. The van der Waals surface area contributed by atoms with E-state index in [0.717, 1.165) is 42.2 Å². The molecule has 3 heterocycles. The van der Waals surface area contributed by atoms with Crippen molar-refractivity contribution in [2.24, 2.45) is 5.73 Å². The van der Waals surface area contributed by atoms with Crippen LogP contribution in [0.3, 0.4) is 0 Å². The molecule has 0 bridgehead atoms. The molecule has 14 heteroatoms. The fourth-order valence-corrected chi connectivity index (χ4v) is 7.40. The highest BCUT2D eigenvalue weighted by Crippen LogP contribution is 2.40. The Morgan fingerprint density at radius 1 is 1.08 bits per heavy atom. The summed E-state index contributed by atoms with van der Waals surface area (Å²) < 4.78 is 5.87. The van der Waals surface area contributed by atoms with Gasteiger partial charge in [0.25, 0.3) is 0 Å². The highest BCUT2D eigenvalue weighted by Gasteiger charge is 2.27. The molecule has 1 amide bonds. The van der Waals surface area contributed by atoms with E-state index in [9.17, 15) is 25.2 Å². The number of ether oxygens (including phenoxy) is 1. The summed E-state index contributed by atoms with van der Waals surface area (Å²) >= 11 is 8.99. The second kappa shape index (κ2) is 16.6. The Morgan fingerprint density at radius 2 is 1.76 bits per heavy atom. The number of benzene rings is 2. The third kappa shape index (κ3) is 8.50. The zero-order valence-corrected chi connectivity index (χ0v) is 29.2. The van der Waals surface area contributed by atoms with Crippen molar-refractivity contribution in [2.75, 3.05) is 37.7 Å².